The van der Waals surface area contributed by atoms with E-state index in [0.717, 1.165) is 23.3 Å². The minimum atomic E-state index is -0.495. The van der Waals surface area contributed by atoms with Gasteiger partial charge in [-0.15, -0.1) is 11.3 Å². The first kappa shape index (κ1) is 15.2. The predicted molar refractivity (Wildman–Crippen MR) is 80.5 cm³/mol. The number of benzene rings is 1. The van der Waals surface area contributed by atoms with Gasteiger partial charge >= 0.3 is 5.97 Å². The molecule has 0 aliphatic heterocycles. The van der Waals surface area contributed by atoms with Gasteiger partial charge in [0.2, 0.25) is 5.01 Å². The van der Waals surface area contributed by atoms with Crippen molar-refractivity contribution in [2.75, 3.05) is 13.2 Å². The Morgan fingerprint density at radius 2 is 2.05 bits per heavy atom. The second-order valence-electron chi connectivity index (χ2n) is 4.25. The van der Waals surface area contributed by atoms with Gasteiger partial charge in [-0.05, 0) is 18.9 Å². The van der Waals surface area contributed by atoms with Gasteiger partial charge in [0.25, 0.3) is 5.91 Å². The Kier molecular flexibility index (Phi) is 5.45. The molecule has 0 bridgehead atoms. The third-order valence-corrected chi connectivity index (χ3v) is 3.55. The monoisotopic (exact) mass is 304 g/mol. The van der Waals surface area contributed by atoms with Crippen LogP contribution in [0.5, 0.6) is 0 Å². The zero-order chi connectivity index (χ0) is 15.1. The molecule has 0 unspecified atom stereocenters. The number of hydrogen-bond donors (Lipinski definition) is 1. The van der Waals surface area contributed by atoms with Crippen molar-refractivity contribution in [2.45, 2.75) is 13.3 Å². The molecular formula is C15H16N2O3S. The van der Waals surface area contributed by atoms with Crippen LogP contribution >= 0.6 is 11.3 Å². The molecule has 1 aromatic heterocycles. The lowest BCUT2D eigenvalue weighted by Gasteiger charge is -2.03. The molecule has 0 aliphatic carbocycles. The predicted octanol–water partition coefficient (Wildman–Crippen LogP) is 2.29. The molecule has 0 radical (unpaired) electrons. The molecule has 0 fully saturated rings. The van der Waals surface area contributed by atoms with Gasteiger partial charge in [0, 0.05) is 11.9 Å². The summed E-state index contributed by atoms with van der Waals surface area (Å²) in [5, 5.41) is 4.54. The number of hydrogen-bond acceptors (Lipinski definition) is 5. The Labute approximate surface area is 127 Å². The Morgan fingerprint density at radius 3 is 2.76 bits per heavy atom. The van der Waals surface area contributed by atoms with E-state index in [0.29, 0.717) is 6.54 Å². The Morgan fingerprint density at radius 1 is 1.29 bits per heavy atom. The quantitative estimate of drug-likeness (QED) is 0.831. The molecule has 1 amide bonds. The number of rotatable bonds is 6. The van der Waals surface area contributed by atoms with Gasteiger partial charge in [-0.2, -0.15) is 0 Å². The molecule has 0 saturated heterocycles. The SMILES string of the molecule is CCOC(=O)c1nc(C(=O)NCCc2ccccc2)cs1. The second kappa shape index (κ2) is 7.54. The molecule has 0 saturated carbocycles. The van der Waals surface area contributed by atoms with E-state index in [2.05, 4.69) is 10.3 Å². The normalized spacial score (nSPS) is 10.1. The first-order chi connectivity index (χ1) is 10.2. The number of esters is 1. The fourth-order valence-corrected chi connectivity index (χ4v) is 2.41. The molecule has 0 atom stereocenters. The number of carbonyl (C=O) groups is 2. The molecule has 1 N–H and O–H groups in total. The number of aromatic nitrogens is 1. The highest BCUT2D eigenvalue weighted by Crippen LogP contribution is 2.11. The first-order valence-electron chi connectivity index (χ1n) is 6.65. The summed E-state index contributed by atoms with van der Waals surface area (Å²) in [4.78, 5) is 27.4. The van der Waals surface area contributed by atoms with E-state index in [9.17, 15) is 9.59 Å². The molecule has 0 aliphatic rings. The van der Waals surface area contributed by atoms with Crippen LogP contribution in [-0.2, 0) is 11.2 Å². The van der Waals surface area contributed by atoms with Crippen LogP contribution in [0.2, 0.25) is 0 Å². The zero-order valence-electron chi connectivity index (χ0n) is 11.7. The van der Waals surface area contributed by atoms with Crippen LogP contribution in [0, 0.1) is 0 Å². The second-order valence-corrected chi connectivity index (χ2v) is 5.11. The number of nitrogens with zero attached hydrogens (tertiary/aromatic N) is 1. The molecule has 0 spiro atoms. The van der Waals surface area contributed by atoms with Gasteiger partial charge in [0.1, 0.15) is 5.69 Å². The van der Waals surface area contributed by atoms with E-state index in [1.165, 1.54) is 0 Å². The summed E-state index contributed by atoms with van der Waals surface area (Å²) in [6.07, 6.45) is 0.751. The number of nitrogens with one attached hydrogen (secondary N) is 1. The largest absolute Gasteiger partial charge is 0.461 e. The Hall–Kier alpha value is -2.21. The summed E-state index contributed by atoms with van der Waals surface area (Å²) in [6, 6.07) is 9.89. The standard InChI is InChI=1S/C15H16N2O3S/c1-2-20-15(19)14-17-12(10-21-14)13(18)16-9-8-11-6-4-3-5-7-11/h3-7,10H,2,8-9H2,1H3,(H,16,18). The maximum Gasteiger partial charge on any atom is 0.367 e. The lowest BCUT2D eigenvalue weighted by molar-refractivity contribution is 0.0526. The maximum absolute atomic E-state index is 11.9. The highest BCUT2D eigenvalue weighted by atomic mass is 32.1. The lowest BCUT2D eigenvalue weighted by atomic mass is 10.1. The summed E-state index contributed by atoms with van der Waals surface area (Å²) in [7, 11) is 0. The molecule has 6 heteroatoms. The van der Waals surface area contributed by atoms with Gasteiger partial charge in [-0.3, -0.25) is 4.79 Å². The molecule has 21 heavy (non-hydrogen) atoms. The zero-order valence-corrected chi connectivity index (χ0v) is 12.5. The molecule has 2 rings (SSSR count). The van der Waals surface area contributed by atoms with Crippen LogP contribution in [0.1, 0.15) is 32.8 Å². The van der Waals surface area contributed by atoms with Crippen molar-refractivity contribution >= 4 is 23.2 Å². The van der Waals surface area contributed by atoms with Crippen molar-refractivity contribution < 1.29 is 14.3 Å². The van der Waals surface area contributed by atoms with Crippen LogP contribution < -0.4 is 5.32 Å². The molecule has 1 aromatic carbocycles. The summed E-state index contributed by atoms with van der Waals surface area (Å²) in [6.45, 7) is 2.54. The van der Waals surface area contributed by atoms with Crippen LogP contribution in [0.3, 0.4) is 0 Å². The molecule has 110 valence electrons. The van der Waals surface area contributed by atoms with Crippen molar-refractivity contribution in [2.24, 2.45) is 0 Å². The Balaban J connectivity index is 1.85. The number of thiazole rings is 1. The van der Waals surface area contributed by atoms with E-state index in [1.807, 2.05) is 30.3 Å². The van der Waals surface area contributed by atoms with Crippen molar-refractivity contribution in [3.05, 3.63) is 52.0 Å². The van der Waals surface area contributed by atoms with Gasteiger partial charge in [0.05, 0.1) is 6.61 Å². The van der Waals surface area contributed by atoms with E-state index in [-0.39, 0.29) is 23.2 Å². The van der Waals surface area contributed by atoms with Gasteiger partial charge in [-0.1, -0.05) is 30.3 Å². The topological polar surface area (TPSA) is 68.3 Å². The average molecular weight is 304 g/mol. The van der Waals surface area contributed by atoms with Crippen molar-refractivity contribution in [1.82, 2.24) is 10.3 Å². The molecule has 1 heterocycles. The fraction of sp³-hybridized carbons (Fsp3) is 0.267. The van der Waals surface area contributed by atoms with E-state index in [4.69, 9.17) is 4.74 Å². The van der Waals surface area contributed by atoms with Crippen molar-refractivity contribution in [3.63, 3.8) is 0 Å². The summed E-state index contributed by atoms with van der Waals surface area (Å²) < 4.78 is 4.84. The van der Waals surface area contributed by atoms with Gasteiger partial charge in [-0.25, -0.2) is 9.78 Å². The van der Waals surface area contributed by atoms with Crippen LogP contribution in [0.4, 0.5) is 0 Å². The molecular weight excluding hydrogens is 288 g/mol. The van der Waals surface area contributed by atoms with Gasteiger partial charge in [0.15, 0.2) is 0 Å². The molecule has 2 aromatic rings. The maximum atomic E-state index is 11.9. The third-order valence-electron chi connectivity index (χ3n) is 2.73. The summed E-state index contributed by atoms with van der Waals surface area (Å²) in [5.41, 5.74) is 1.40. The van der Waals surface area contributed by atoms with Gasteiger partial charge < -0.3 is 10.1 Å². The van der Waals surface area contributed by atoms with Crippen LogP contribution in [0.15, 0.2) is 35.7 Å². The highest BCUT2D eigenvalue weighted by molar-refractivity contribution is 7.11. The Bertz CT molecular complexity index is 610. The minimum Gasteiger partial charge on any atom is -0.461 e. The minimum absolute atomic E-state index is 0.199. The number of amides is 1. The summed E-state index contributed by atoms with van der Waals surface area (Å²) in [5.74, 6) is -0.774. The van der Waals surface area contributed by atoms with E-state index >= 15 is 0 Å². The smallest absolute Gasteiger partial charge is 0.367 e. The fourth-order valence-electron chi connectivity index (χ4n) is 1.72. The lowest BCUT2D eigenvalue weighted by Crippen LogP contribution is -2.26. The van der Waals surface area contributed by atoms with Crippen LogP contribution in [-0.4, -0.2) is 30.0 Å². The number of ether oxygens (including phenoxy) is 1. The summed E-state index contributed by atoms with van der Waals surface area (Å²) >= 11 is 1.11. The first-order valence-corrected chi connectivity index (χ1v) is 7.53. The number of carbonyl (C=O) groups excluding carboxylic acids is 2. The highest BCUT2D eigenvalue weighted by Gasteiger charge is 2.15. The third kappa shape index (κ3) is 4.39. The average Bonchev–Trinajstić information content (AvgIpc) is 2.98. The molecule has 5 nitrogen and oxygen atoms in total. The van der Waals surface area contributed by atoms with Crippen molar-refractivity contribution in [3.8, 4) is 0 Å². The van der Waals surface area contributed by atoms with E-state index in [1.54, 1.807) is 12.3 Å². The van der Waals surface area contributed by atoms with E-state index < -0.39 is 5.97 Å². The van der Waals surface area contributed by atoms with Crippen LogP contribution in [0.25, 0.3) is 0 Å². The van der Waals surface area contributed by atoms with Crippen molar-refractivity contribution in [1.29, 1.82) is 0 Å².